The normalized spacial score (nSPS) is 10.4. The summed E-state index contributed by atoms with van der Waals surface area (Å²) in [4.78, 5) is 29.5. The maximum absolute atomic E-state index is 13.0. The molecule has 1 heterocycles. The Labute approximate surface area is 189 Å². The molecule has 1 aromatic heterocycles. The van der Waals surface area contributed by atoms with Crippen molar-refractivity contribution in [1.82, 2.24) is 4.98 Å². The molecule has 9 heteroatoms. The molecule has 0 aliphatic heterocycles. The van der Waals surface area contributed by atoms with Gasteiger partial charge in [-0.2, -0.15) is 0 Å². The van der Waals surface area contributed by atoms with Crippen molar-refractivity contribution in [3.63, 3.8) is 0 Å². The summed E-state index contributed by atoms with van der Waals surface area (Å²) in [5.74, 6) is 1.18. The maximum Gasteiger partial charge on any atom is 0.269 e. The van der Waals surface area contributed by atoms with E-state index in [2.05, 4.69) is 11.6 Å². The van der Waals surface area contributed by atoms with Gasteiger partial charge in [-0.15, -0.1) is 17.9 Å². The Balaban J connectivity index is 1.73. The van der Waals surface area contributed by atoms with Gasteiger partial charge in [-0.05, 0) is 36.2 Å². The molecule has 166 valence electrons. The monoisotopic (exact) mass is 453 g/mol. The molecule has 2 aromatic carbocycles. The Morgan fingerprint density at radius 2 is 1.91 bits per heavy atom. The Bertz CT molecular complexity index is 1110. The lowest BCUT2D eigenvalue weighted by atomic mass is 10.1. The zero-order chi connectivity index (χ0) is 23.1. The molecule has 32 heavy (non-hydrogen) atoms. The van der Waals surface area contributed by atoms with Gasteiger partial charge in [0, 0.05) is 36.0 Å². The smallest absolute Gasteiger partial charge is 0.269 e. The van der Waals surface area contributed by atoms with Gasteiger partial charge < -0.3 is 9.47 Å². The fourth-order valence-corrected chi connectivity index (χ4v) is 3.97. The van der Waals surface area contributed by atoms with Crippen LogP contribution in [0.3, 0.4) is 0 Å². The van der Waals surface area contributed by atoms with Crippen molar-refractivity contribution < 1.29 is 19.2 Å². The number of nitro benzene ring substituents is 1. The number of nitro groups is 1. The van der Waals surface area contributed by atoms with Gasteiger partial charge in [0.15, 0.2) is 16.6 Å². The van der Waals surface area contributed by atoms with Gasteiger partial charge in [0.25, 0.3) is 5.69 Å². The minimum absolute atomic E-state index is 0.0165. The minimum atomic E-state index is -0.445. The van der Waals surface area contributed by atoms with Crippen LogP contribution >= 0.6 is 11.3 Å². The SMILES string of the molecule is C=CCN(C(=O)CCc1ccc(OC)c(OC)c1)c1nc(-c2ccc([N+](=O)[O-])cc2)cs1. The summed E-state index contributed by atoms with van der Waals surface area (Å²) < 4.78 is 10.6. The van der Waals surface area contributed by atoms with E-state index in [0.29, 0.717) is 35.3 Å². The number of aromatic nitrogens is 1. The van der Waals surface area contributed by atoms with Crippen LogP contribution in [-0.4, -0.2) is 36.6 Å². The van der Waals surface area contributed by atoms with Gasteiger partial charge >= 0.3 is 0 Å². The van der Waals surface area contributed by atoms with Crippen molar-refractivity contribution in [1.29, 1.82) is 0 Å². The maximum atomic E-state index is 13.0. The molecular formula is C23H23N3O5S. The highest BCUT2D eigenvalue weighted by Crippen LogP contribution is 2.30. The summed E-state index contributed by atoms with van der Waals surface area (Å²) in [6.45, 7) is 4.08. The third kappa shape index (κ3) is 5.30. The summed E-state index contributed by atoms with van der Waals surface area (Å²) >= 11 is 1.34. The zero-order valence-electron chi connectivity index (χ0n) is 17.8. The van der Waals surface area contributed by atoms with E-state index < -0.39 is 4.92 Å². The van der Waals surface area contributed by atoms with E-state index in [1.54, 1.807) is 37.3 Å². The Kier molecular flexibility index (Phi) is 7.56. The summed E-state index contributed by atoms with van der Waals surface area (Å²) in [5.41, 5.74) is 2.37. The minimum Gasteiger partial charge on any atom is -0.493 e. The Morgan fingerprint density at radius 3 is 2.53 bits per heavy atom. The summed E-state index contributed by atoms with van der Waals surface area (Å²) in [6, 6.07) is 11.7. The molecule has 0 aliphatic carbocycles. The largest absolute Gasteiger partial charge is 0.493 e. The molecule has 0 N–H and O–H groups in total. The number of carbonyl (C=O) groups is 1. The second-order valence-corrected chi connectivity index (χ2v) is 7.64. The average molecular weight is 454 g/mol. The number of benzene rings is 2. The van der Waals surface area contributed by atoms with E-state index in [1.807, 2.05) is 23.6 Å². The molecule has 0 atom stereocenters. The van der Waals surface area contributed by atoms with E-state index in [9.17, 15) is 14.9 Å². The number of carbonyl (C=O) groups excluding carboxylic acids is 1. The third-order valence-corrected chi connectivity index (χ3v) is 5.65. The highest BCUT2D eigenvalue weighted by molar-refractivity contribution is 7.14. The highest BCUT2D eigenvalue weighted by atomic mass is 32.1. The van der Waals surface area contributed by atoms with E-state index in [4.69, 9.17) is 9.47 Å². The molecule has 0 fully saturated rings. The summed E-state index contributed by atoms with van der Waals surface area (Å²) in [6.07, 6.45) is 2.48. The quantitative estimate of drug-likeness (QED) is 0.246. The summed E-state index contributed by atoms with van der Waals surface area (Å²) in [7, 11) is 3.15. The van der Waals surface area contributed by atoms with Crippen molar-refractivity contribution in [2.75, 3.05) is 25.7 Å². The number of aryl methyl sites for hydroxylation is 1. The molecule has 0 saturated heterocycles. The van der Waals surface area contributed by atoms with Crippen LogP contribution in [0.2, 0.25) is 0 Å². The summed E-state index contributed by atoms with van der Waals surface area (Å²) in [5, 5.41) is 13.2. The van der Waals surface area contributed by atoms with Crippen LogP contribution in [-0.2, 0) is 11.2 Å². The molecule has 0 radical (unpaired) electrons. The molecule has 0 aliphatic rings. The first kappa shape index (κ1) is 23.0. The first-order chi connectivity index (χ1) is 15.5. The lowest BCUT2D eigenvalue weighted by Gasteiger charge is -2.18. The highest BCUT2D eigenvalue weighted by Gasteiger charge is 2.19. The van der Waals surface area contributed by atoms with Crippen LogP contribution < -0.4 is 14.4 Å². The predicted octanol–water partition coefficient (Wildman–Crippen LogP) is 4.89. The topological polar surface area (TPSA) is 94.8 Å². The number of non-ortho nitro benzene ring substituents is 1. The number of methoxy groups -OCH3 is 2. The van der Waals surface area contributed by atoms with Crippen molar-refractivity contribution >= 4 is 28.1 Å². The van der Waals surface area contributed by atoms with Crippen LogP contribution in [0.5, 0.6) is 11.5 Å². The fourth-order valence-electron chi connectivity index (χ4n) is 3.11. The van der Waals surface area contributed by atoms with E-state index in [-0.39, 0.29) is 18.0 Å². The number of anilines is 1. The first-order valence-corrected chi connectivity index (χ1v) is 10.7. The molecule has 1 amide bonds. The number of thiazole rings is 1. The molecule has 0 unspecified atom stereocenters. The fraction of sp³-hybridized carbons (Fsp3) is 0.217. The molecule has 3 aromatic rings. The van der Waals surface area contributed by atoms with Crippen LogP contribution in [0.25, 0.3) is 11.3 Å². The average Bonchev–Trinajstić information content (AvgIpc) is 3.30. The van der Waals surface area contributed by atoms with Gasteiger partial charge in [-0.1, -0.05) is 12.1 Å². The lowest BCUT2D eigenvalue weighted by Crippen LogP contribution is -2.31. The van der Waals surface area contributed by atoms with E-state index in [1.165, 1.54) is 23.5 Å². The van der Waals surface area contributed by atoms with Gasteiger partial charge in [-0.25, -0.2) is 4.98 Å². The van der Waals surface area contributed by atoms with E-state index in [0.717, 1.165) is 11.1 Å². The van der Waals surface area contributed by atoms with Crippen LogP contribution in [0.4, 0.5) is 10.8 Å². The predicted molar refractivity (Wildman–Crippen MR) is 125 cm³/mol. The lowest BCUT2D eigenvalue weighted by molar-refractivity contribution is -0.384. The van der Waals surface area contributed by atoms with Crippen molar-refractivity contribution in [3.05, 3.63) is 76.2 Å². The number of ether oxygens (including phenoxy) is 2. The van der Waals surface area contributed by atoms with Gasteiger partial charge in [0.1, 0.15) is 0 Å². The zero-order valence-corrected chi connectivity index (χ0v) is 18.6. The number of hydrogen-bond acceptors (Lipinski definition) is 7. The second kappa shape index (κ2) is 10.5. The van der Waals surface area contributed by atoms with Gasteiger partial charge in [-0.3, -0.25) is 19.8 Å². The number of hydrogen-bond donors (Lipinski definition) is 0. The van der Waals surface area contributed by atoms with Crippen LogP contribution in [0.1, 0.15) is 12.0 Å². The first-order valence-electron chi connectivity index (χ1n) is 9.79. The molecular weight excluding hydrogens is 430 g/mol. The molecule has 8 nitrogen and oxygen atoms in total. The number of amides is 1. The number of rotatable bonds is 10. The van der Waals surface area contributed by atoms with Crippen LogP contribution in [0, 0.1) is 10.1 Å². The Morgan fingerprint density at radius 1 is 1.19 bits per heavy atom. The van der Waals surface area contributed by atoms with Gasteiger partial charge in [0.2, 0.25) is 5.91 Å². The van der Waals surface area contributed by atoms with Crippen molar-refractivity contribution in [2.45, 2.75) is 12.8 Å². The van der Waals surface area contributed by atoms with Crippen LogP contribution in [0.15, 0.2) is 60.5 Å². The second-order valence-electron chi connectivity index (χ2n) is 6.80. The Hall–Kier alpha value is -3.72. The molecule has 0 saturated carbocycles. The van der Waals surface area contributed by atoms with Crippen molar-refractivity contribution in [3.8, 4) is 22.8 Å². The van der Waals surface area contributed by atoms with Crippen molar-refractivity contribution in [2.24, 2.45) is 0 Å². The number of nitrogens with zero attached hydrogens (tertiary/aromatic N) is 3. The van der Waals surface area contributed by atoms with Gasteiger partial charge in [0.05, 0.1) is 24.8 Å². The molecule has 3 rings (SSSR count). The standard InChI is InChI=1S/C23H23N3O5S/c1-4-13-25(22(27)12-6-16-5-11-20(30-2)21(14-16)31-3)23-24-19(15-32-23)17-7-9-18(10-8-17)26(28)29/h4-5,7-11,14-15H,1,6,12-13H2,2-3H3. The molecule has 0 bridgehead atoms. The molecule has 0 spiro atoms. The van der Waals surface area contributed by atoms with E-state index >= 15 is 0 Å². The third-order valence-electron chi connectivity index (χ3n) is 4.79.